The van der Waals surface area contributed by atoms with Gasteiger partial charge in [-0.3, -0.25) is 32.5 Å². The van der Waals surface area contributed by atoms with Crippen LogP contribution in [0, 0.1) is 0 Å². The summed E-state index contributed by atoms with van der Waals surface area (Å²) >= 11 is 0. The van der Waals surface area contributed by atoms with Gasteiger partial charge in [-0.25, -0.2) is 9.13 Å². The number of unbranched alkanes of at least 4 members (excludes halogenated alkanes) is 36. The topological polar surface area (TPSA) is 231 Å². The van der Waals surface area contributed by atoms with Crippen LogP contribution in [0.25, 0.3) is 0 Å². The largest absolute Gasteiger partial charge is 0.472 e. The van der Waals surface area contributed by atoms with Gasteiger partial charge in [-0.05, 0) is 167 Å². The number of ether oxygens (including phenoxy) is 3. The molecule has 5 atom stereocenters. The third kappa shape index (κ3) is 96.9. The van der Waals surface area contributed by atoms with Gasteiger partial charge in [0.15, 0.2) is 6.10 Å². The number of allylic oxidation sites excluding steroid dienone is 32. The Labute approximate surface area is 750 Å². The molecule has 0 spiro atoms. The lowest BCUT2D eigenvalue weighted by Gasteiger charge is -2.21. The van der Waals surface area contributed by atoms with E-state index in [1.54, 1.807) is 0 Å². The molecule has 0 bridgehead atoms. The van der Waals surface area contributed by atoms with Crippen molar-refractivity contribution in [2.45, 2.75) is 411 Å². The van der Waals surface area contributed by atoms with Crippen LogP contribution in [-0.4, -0.2) is 95.9 Å². The van der Waals surface area contributed by atoms with E-state index in [0.717, 1.165) is 148 Å². The highest BCUT2D eigenvalue weighted by atomic mass is 31.2. The molecular formula is C105H176O16P2. The molecule has 0 fully saturated rings. The van der Waals surface area contributed by atoms with E-state index in [1.165, 1.54) is 180 Å². The van der Waals surface area contributed by atoms with Gasteiger partial charge < -0.3 is 34.2 Å². The predicted octanol–water partition coefficient (Wildman–Crippen LogP) is 30.6. The van der Waals surface area contributed by atoms with Crippen molar-refractivity contribution in [3.05, 3.63) is 194 Å². The zero-order valence-corrected chi connectivity index (χ0v) is 79.3. The minimum atomic E-state index is -4.96. The normalized spacial score (nSPS) is 14.6. The minimum absolute atomic E-state index is 0.0452. The summed E-state index contributed by atoms with van der Waals surface area (Å²) in [6, 6.07) is 0. The van der Waals surface area contributed by atoms with Gasteiger partial charge in [0.1, 0.15) is 25.4 Å². The van der Waals surface area contributed by atoms with Gasteiger partial charge in [-0.2, -0.15) is 0 Å². The van der Waals surface area contributed by atoms with Crippen LogP contribution < -0.4 is 0 Å². The van der Waals surface area contributed by atoms with E-state index in [9.17, 15) is 43.5 Å². The van der Waals surface area contributed by atoms with Crippen molar-refractivity contribution >= 4 is 33.6 Å². The van der Waals surface area contributed by atoms with Gasteiger partial charge >= 0.3 is 33.6 Å². The molecule has 0 amide bonds. The number of hydrogen-bond acceptors (Lipinski definition) is 14. The number of phosphoric acid groups is 2. The zero-order chi connectivity index (χ0) is 89.3. The van der Waals surface area contributed by atoms with Crippen molar-refractivity contribution in [2.24, 2.45) is 0 Å². The Morgan fingerprint density at radius 1 is 0.236 bits per heavy atom. The first-order valence-electron chi connectivity index (χ1n) is 48.7. The number of hydrogen-bond donors (Lipinski definition) is 4. The Morgan fingerprint density at radius 2 is 0.431 bits per heavy atom. The van der Waals surface area contributed by atoms with Crippen LogP contribution in [0.3, 0.4) is 0 Å². The second-order valence-corrected chi connectivity index (χ2v) is 35.0. The average molecular weight is 1760 g/mol. The first kappa shape index (κ1) is 117. The Bertz CT molecular complexity index is 3020. The lowest BCUT2D eigenvalue weighted by atomic mass is 10.0. The molecule has 0 heterocycles. The number of carbonyl (C=O) groups is 3. The number of phosphoric ester groups is 2. The molecule has 0 saturated heterocycles. The molecule has 0 aromatic rings. The minimum Gasteiger partial charge on any atom is -0.463 e. The second kappa shape index (κ2) is 95.5. The quantitative estimate of drug-likeness (QED) is 0.0146. The maximum atomic E-state index is 13.1. The molecule has 702 valence electrons. The first-order chi connectivity index (χ1) is 60.2. The van der Waals surface area contributed by atoms with E-state index in [4.69, 9.17) is 32.3 Å². The van der Waals surface area contributed by atoms with Crippen molar-refractivity contribution in [1.82, 2.24) is 0 Å². The van der Waals surface area contributed by atoms with Crippen molar-refractivity contribution in [2.75, 3.05) is 39.6 Å². The summed E-state index contributed by atoms with van der Waals surface area (Å²) in [6.45, 7) is 2.41. The predicted molar refractivity (Wildman–Crippen MR) is 518 cm³/mol. The number of rotatable bonds is 91. The van der Waals surface area contributed by atoms with E-state index >= 15 is 0 Å². The van der Waals surface area contributed by atoms with Crippen LogP contribution in [0.2, 0.25) is 0 Å². The van der Waals surface area contributed by atoms with Crippen molar-refractivity contribution in [3.8, 4) is 0 Å². The summed E-state index contributed by atoms with van der Waals surface area (Å²) in [4.78, 5) is 59.1. The second-order valence-electron chi connectivity index (χ2n) is 32.1. The molecule has 123 heavy (non-hydrogen) atoms. The zero-order valence-electron chi connectivity index (χ0n) is 77.5. The van der Waals surface area contributed by atoms with Crippen LogP contribution in [0.5, 0.6) is 0 Å². The molecular weight excluding hydrogens is 1580 g/mol. The fourth-order valence-electron chi connectivity index (χ4n) is 13.0. The molecule has 0 aliphatic rings. The molecule has 18 heteroatoms. The first-order valence-corrected chi connectivity index (χ1v) is 51.7. The summed E-state index contributed by atoms with van der Waals surface area (Å²) in [5.41, 5.74) is 0. The number of aliphatic hydroxyl groups is 2. The maximum Gasteiger partial charge on any atom is 0.472 e. The van der Waals surface area contributed by atoms with Crippen molar-refractivity contribution in [3.63, 3.8) is 0 Å². The molecule has 16 nitrogen and oxygen atoms in total. The SMILES string of the molecule is CC/C=C\C/C=C\C/C=C\C/C=C\C/C=C\C/C=C\CCCCCCCCCCCCCCCCC(=O)OCC(O)COP(=O)(O)OCC(O)COP(=O)(O)OCC(COC(=O)CCCCCCCCCCCCCCCCCCC/C=C\C/C=C\C/C=C\C/C=C\CCCCC)OC(=O)CCCC/C=C\C/C=C\C/C=C\C/C=C\C/C=C\C/C=C\CC. The molecule has 0 aromatic carbocycles. The molecule has 0 aliphatic heterocycles. The van der Waals surface area contributed by atoms with Crippen molar-refractivity contribution in [1.29, 1.82) is 0 Å². The van der Waals surface area contributed by atoms with Crippen LogP contribution in [0.1, 0.15) is 393 Å². The molecule has 0 radical (unpaired) electrons. The summed E-state index contributed by atoms with van der Waals surface area (Å²) in [7, 11) is -9.83. The highest BCUT2D eigenvalue weighted by molar-refractivity contribution is 7.47. The highest BCUT2D eigenvalue weighted by Crippen LogP contribution is 2.45. The number of aliphatic hydroxyl groups excluding tert-OH is 2. The summed E-state index contributed by atoms with van der Waals surface area (Å²) in [5.74, 6) is -1.62. The maximum absolute atomic E-state index is 13.1. The van der Waals surface area contributed by atoms with Crippen LogP contribution >= 0.6 is 15.6 Å². The third-order valence-corrected chi connectivity index (χ3v) is 22.2. The summed E-state index contributed by atoms with van der Waals surface area (Å²) < 4.78 is 61.5. The van der Waals surface area contributed by atoms with E-state index in [-0.39, 0.29) is 19.3 Å². The third-order valence-electron chi connectivity index (χ3n) is 20.3. The molecule has 0 aromatic heterocycles. The lowest BCUT2D eigenvalue weighted by molar-refractivity contribution is -0.161. The van der Waals surface area contributed by atoms with Crippen LogP contribution in [0.15, 0.2) is 194 Å². The molecule has 5 unspecified atom stereocenters. The Balaban J connectivity index is 4.59. The van der Waals surface area contributed by atoms with Gasteiger partial charge in [0, 0.05) is 19.3 Å². The Morgan fingerprint density at radius 3 is 0.699 bits per heavy atom. The van der Waals surface area contributed by atoms with Gasteiger partial charge in [-0.1, -0.05) is 401 Å². The van der Waals surface area contributed by atoms with E-state index in [0.29, 0.717) is 25.7 Å². The van der Waals surface area contributed by atoms with E-state index in [1.807, 2.05) is 0 Å². The molecule has 0 rings (SSSR count). The van der Waals surface area contributed by atoms with Crippen LogP contribution in [-0.2, 0) is 55.8 Å². The Hall–Kier alpha value is -5.61. The van der Waals surface area contributed by atoms with Crippen molar-refractivity contribution < 1.29 is 75.8 Å². The number of carbonyl (C=O) groups excluding carboxylic acids is 3. The smallest absolute Gasteiger partial charge is 0.463 e. The summed E-state index contributed by atoms with van der Waals surface area (Å²) in [5, 5.41) is 20.8. The average Bonchev–Trinajstić information content (AvgIpc) is 0.900. The Kier molecular flexibility index (Phi) is 91.1. The molecule has 4 N–H and O–H groups in total. The van der Waals surface area contributed by atoms with Gasteiger partial charge in [0.25, 0.3) is 0 Å². The van der Waals surface area contributed by atoms with Gasteiger partial charge in [0.2, 0.25) is 0 Å². The van der Waals surface area contributed by atoms with Gasteiger partial charge in [-0.15, -0.1) is 0 Å². The number of esters is 3. The van der Waals surface area contributed by atoms with Crippen LogP contribution in [0.4, 0.5) is 0 Å². The fourth-order valence-corrected chi connectivity index (χ4v) is 14.6. The molecule has 0 aliphatic carbocycles. The van der Waals surface area contributed by atoms with E-state index in [2.05, 4.69) is 215 Å². The molecule has 0 saturated carbocycles. The fraction of sp³-hybridized carbons (Fsp3) is 0.667. The highest BCUT2D eigenvalue weighted by Gasteiger charge is 2.30. The van der Waals surface area contributed by atoms with Gasteiger partial charge in [0.05, 0.1) is 26.4 Å². The lowest BCUT2D eigenvalue weighted by Crippen LogP contribution is -2.30. The monoisotopic (exact) mass is 1760 g/mol. The van der Waals surface area contributed by atoms with E-state index < -0.39 is 91.5 Å². The summed E-state index contributed by atoms with van der Waals surface area (Å²) in [6.07, 6.45) is 128. The standard InChI is InChI=1S/C105H176O16P2/c1-4-7-10-13-16-19-22-25-28-31-34-37-39-41-43-45-47-49-51-53-55-57-59-62-64-67-70-73-76-79-82-85-88-91-103(108)115-94-100(106)95-117-122(111,112)118-96-101(107)97-119-123(113,114)120-99-102(121-105(110)93-90-87-84-81-78-75-72-69-66-61-36-33-30-27-24-21-18-15-12-9-6-3)98-116-104(109)92-89-86-83-80-77-74-71-68-65-63-60-58-56-54-52-50-48-46-44-42-40-38-35-32-29-26-23-20-17-14-11-8-5-2/h7,9-10,12,16-21,25-30,34-38,41-44,47,49,61,69,72,78,81,100-102,106-107H,4-6,8,11,13-15,22-24,31-33,39-40,45-46,48,50-60,62-68,70-71,73-77,79-80,82-99H2,1-3H3,(H,111,112)(H,113,114)/b10-7-,12-9-,19-16-,20-17-,21-18-,28-25-,29-26-,30-27-,37-34-,38-35-,43-41-,44-42-,49-47-,61-36-,72-69-,81-78-.